The first kappa shape index (κ1) is 22.1. The number of nitrogens with one attached hydrogen (secondary N) is 1. The van der Waals surface area contributed by atoms with Crippen molar-refractivity contribution in [2.24, 2.45) is 0 Å². The number of ether oxygens (including phenoxy) is 1. The molecule has 32 heavy (non-hydrogen) atoms. The van der Waals surface area contributed by atoms with E-state index in [4.69, 9.17) is 27.9 Å². The van der Waals surface area contributed by atoms with E-state index in [9.17, 15) is 9.59 Å². The largest absolute Gasteiger partial charge is 0.481 e. The Kier molecular flexibility index (Phi) is 6.35. The van der Waals surface area contributed by atoms with Crippen LogP contribution < -0.4 is 10.1 Å². The summed E-state index contributed by atoms with van der Waals surface area (Å²) in [4.78, 5) is 32.2. The number of ketones is 1. The molecule has 1 amide bonds. The van der Waals surface area contributed by atoms with Crippen molar-refractivity contribution in [2.45, 2.75) is 25.9 Å². The molecule has 1 aliphatic heterocycles. The van der Waals surface area contributed by atoms with Gasteiger partial charge in [0.1, 0.15) is 0 Å². The summed E-state index contributed by atoms with van der Waals surface area (Å²) >= 11 is 12.4. The fraction of sp³-hybridized carbons (Fsp3) is 0.208. The number of pyridine rings is 1. The number of carbonyl (C=O) groups excluding carboxylic acids is 2. The summed E-state index contributed by atoms with van der Waals surface area (Å²) < 4.78 is 5.07. The molecule has 2 aliphatic rings. The Morgan fingerprint density at radius 3 is 2.81 bits per heavy atom. The Bertz CT molecular complexity index is 1190. The maximum absolute atomic E-state index is 13.2. The molecular weight excluding hydrogens is 449 g/mol. The van der Waals surface area contributed by atoms with Crippen molar-refractivity contribution in [1.82, 2.24) is 9.88 Å². The van der Waals surface area contributed by atoms with Crippen molar-refractivity contribution in [1.29, 1.82) is 0 Å². The van der Waals surface area contributed by atoms with Gasteiger partial charge in [0, 0.05) is 45.8 Å². The highest BCUT2D eigenvalue weighted by atomic mass is 35.5. The first-order valence-electron chi connectivity index (χ1n) is 10.1. The molecule has 2 aromatic rings. The standard InChI is InChI=1S/C24H21Cl2N3O3/c1-14-22(23(30)24(31)28-17-9-10-27-21(12-17)32-2)18-5-3-4-6-20(18)29(14)13-15-7-8-16(25)11-19(15)26/h3-4,6-12,14H,5,13H2,1-2H3,(H,27,28,31). The Morgan fingerprint density at radius 2 is 2.06 bits per heavy atom. The summed E-state index contributed by atoms with van der Waals surface area (Å²) in [5, 5.41) is 3.77. The number of Topliss-reactive ketones (excluding diaryl/α,β-unsaturated/α-hetero) is 1. The molecule has 2 heterocycles. The molecule has 1 aromatic carbocycles. The lowest BCUT2D eigenvalue weighted by Gasteiger charge is -2.28. The number of halogens is 2. The van der Waals surface area contributed by atoms with Crippen molar-refractivity contribution in [3.8, 4) is 5.88 Å². The molecule has 164 valence electrons. The number of amides is 1. The van der Waals surface area contributed by atoms with Gasteiger partial charge in [0.25, 0.3) is 5.91 Å². The van der Waals surface area contributed by atoms with Gasteiger partial charge in [-0.25, -0.2) is 4.98 Å². The Balaban J connectivity index is 1.60. The van der Waals surface area contributed by atoms with E-state index in [0.29, 0.717) is 40.2 Å². The minimum Gasteiger partial charge on any atom is -0.481 e. The van der Waals surface area contributed by atoms with Crippen molar-refractivity contribution in [3.63, 3.8) is 0 Å². The fourth-order valence-electron chi connectivity index (χ4n) is 3.98. The van der Waals surface area contributed by atoms with Crippen LogP contribution in [0.25, 0.3) is 0 Å². The second-order valence-electron chi connectivity index (χ2n) is 7.49. The molecule has 6 nitrogen and oxygen atoms in total. The molecule has 0 spiro atoms. The molecule has 0 fully saturated rings. The predicted octanol–water partition coefficient (Wildman–Crippen LogP) is 4.95. The highest BCUT2D eigenvalue weighted by Crippen LogP contribution is 2.40. The number of hydrogen-bond acceptors (Lipinski definition) is 5. The average molecular weight is 470 g/mol. The summed E-state index contributed by atoms with van der Waals surface area (Å²) in [7, 11) is 1.48. The number of rotatable bonds is 6. The SMILES string of the molecule is COc1cc(NC(=O)C(=O)C2=C3CC=CC=C3N(Cc3ccc(Cl)cc3Cl)C2C)ccn1. The highest BCUT2D eigenvalue weighted by Gasteiger charge is 2.39. The molecule has 1 aliphatic carbocycles. The average Bonchev–Trinajstić information content (AvgIpc) is 3.06. The Labute approximate surface area is 196 Å². The van der Waals surface area contributed by atoms with E-state index in [2.05, 4.69) is 15.2 Å². The zero-order valence-electron chi connectivity index (χ0n) is 17.6. The van der Waals surface area contributed by atoms with Gasteiger partial charge in [0.15, 0.2) is 0 Å². The number of carbonyl (C=O) groups is 2. The molecular formula is C24H21Cl2N3O3. The number of fused-ring (bicyclic) bond motifs is 1. The monoisotopic (exact) mass is 469 g/mol. The van der Waals surface area contributed by atoms with Crippen LogP contribution in [-0.2, 0) is 16.1 Å². The van der Waals surface area contributed by atoms with Crippen LogP contribution in [0.5, 0.6) is 5.88 Å². The van der Waals surface area contributed by atoms with Crippen LogP contribution in [0.15, 0.2) is 71.6 Å². The van der Waals surface area contributed by atoms with Crippen LogP contribution in [0.3, 0.4) is 0 Å². The molecule has 0 saturated heterocycles. The van der Waals surface area contributed by atoms with Crippen LogP contribution in [-0.4, -0.2) is 34.7 Å². The topological polar surface area (TPSA) is 71.5 Å². The van der Waals surface area contributed by atoms with E-state index in [0.717, 1.165) is 16.8 Å². The second-order valence-corrected chi connectivity index (χ2v) is 8.33. The Hall–Kier alpha value is -3.09. The summed E-state index contributed by atoms with van der Waals surface area (Å²) in [5.41, 5.74) is 3.60. The predicted molar refractivity (Wildman–Crippen MR) is 125 cm³/mol. The minimum absolute atomic E-state index is 0.298. The van der Waals surface area contributed by atoms with E-state index in [-0.39, 0.29) is 6.04 Å². The molecule has 0 saturated carbocycles. The highest BCUT2D eigenvalue weighted by molar-refractivity contribution is 6.47. The molecule has 4 rings (SSSR count). The van der Waals surface area contributed by atoms with E-state index < -0.39 is 11.7 Å². The van der Waals surface area contributed by atoms with Gasteiger partial charge in [-0.15, -0.1) is 0 Å². The third-order valence-corrected chi connectivity index (χ3v) is 6.14. The third kappa shape index (κ3) is 4.29. The van der Waals surface area contributed by atoms with Crippen LogP contribution in [0.1, 0.15) is 18.9 Å². The number of aromatic nitrogens is 1. The summed E-state index contributed by atoms with van der Waals surface area (Å²) in [5.74, 6) is -0.915. The summed E-state index contributed by atoms with van der Waals surface area (Å²) in [6.07, 6.45) is 7.98. The number of allylic oxidation sites excluding steroid dienone is 4. The van der Waals surface area contributed by atoms with Gasteiger partial charge < -0.3 is 15.0 Å². The zero-order valence-corrected chi connectivity index (χ0v) is 19.1. The smallest absolute Gasteiger partial charge is 0.296 e. The van der Waals surface area contributed by atoms with E-state index >= 15 is 0 Å². The quantitative estimate of drug-likeness (QED) is 0.605. The summed E-state index contributed by atoms with van der Waals surface area (Å²) in [6, 6.07) is 8.23. The van der Waals surface area contributed by atoms with E-state index in [1.165, 1.54) is 13.3 Å². The molecule has 1 N–H and O–H groups in total. The maximum atomic E-state index is 13.2. The van der Waals surface area contributed by atoms with E-state index in [1.54, 1.807) is 24.3 Å². The van der Waals surface area contributed by atoms with Crippen LogP contribution >= 0.6 is 23.2 Å². The Morgan fingerprint density at radius 1 is 1.25 bits per heavy atom. The van der Waals surface area contributed by atoms with Crippen LogP contribution in [0.4, 0.5) is 5.69 Å². The molecule has 1 unspecified atom stereocenters. The van der Waals surface area contributed by atoms with Crippen molar-refractivity contribution in [3.05, 3.63) is 87.2 Å². The zero-order chi connectivity index (χ0) is 22.8. The molecule has 1 aromatic heterocycles. The molecule has 8 heteroatoms. The van der Waals surface area contributed by atoms with Gasteiger partial charge in [0.2, 0.25) is 11.7 Å². The van der Waals surface area contributed by atoms with Crippen molar-refractivity contribution in [2.75, 3.05) is 12.4 Å². The van der Waals surface area contributed by atoms with Gasteiger partial charge in [-0.1, -0.05) is 41.4 Å². The van der Waals surface area contributed by atoms with Gasteiger partial charge in [-0.3, -0.25) is 9.59 Å². The first-order valence-corrected chi connectivity index (χ1v) is 10.8. The molecule has 1 atom stereocenters. The first-order chi connectivity index (χ1) is 15.4. The van der Waals surface area contributed by atoms with Crippen molar-refractivity contribution >= 4 is 40.6 Å². The van der Waals surface area contributed by atoms with Gasteiger partial charge >= 0.3 is 0 Å². The normalized spacial score (nSPS) is 17.2. The second kappa shape index (κ2) is 9.18. The van der Waals surface area contributed by atoms with Gasteiger partial charge in [-0.05, 0) is 48.8 Å². The number of nitrogens with zero attached hydrogens (tertiary/aromatic N) is 2. The molecule has 0 bridgehead atoms. The maximum Gasteiger partial charge on any atom is 0.296 e. The summed E-state index contributed by atoms with van der Waals surface area (Å²) in [6.45, 7) is 2.41. The lowest BCUT2D eigenvalue weighted by Crippen LogP contribution is -2.33. The van der Waals surface area contributed by atoms with Crippen LogP contribution in [0.2, 0.25) is 10.0 Å². The lowest BCUT2D eigenvalue weighted by atomic mass is 9.96. The van der Waals surface area contributed by atoms with Crippen molar-refractivity contribution < 1.29 is 14.3 Å². The van der Waals surface area contributed by atoms with Gasteiger partial charge in [-0.2, -0.15) is 0 Å². The number of hydrogen-bond donors (Lipinski definition) is 1. The minimum atomic E-state index is -0.701. The number of anilines is 1. The number of methoxy groups -OCH3 is 1. The lowest BCUT2D eigenvalue weighted by molar-refractivity contribution is -0.132. The van der Waals surface area contributed by atoms with Gasteiger partial charge in [0.05, 0.1) is 13.2 Å². The third-order valence-electron chi connectivity index (χ3n) is 5.55. The number of benzene rings is 1. The van der Waals surface area contributed by atoms with E-state index in [1.807, 2.05) is 31.2 Å². The fourth-order valence-corrected chi connectivity index (χ4v) is 4.44. The molecule has 0 radical (unpaired) electrons. The van der Waals surface area contributed by atoms with Crippen LogP contribution in [0, 0.1) is 0 Å².